The van der Waals surface area contributed by atoms with Crippen LogP contribution >= 0.6 is 23.2 Å². The van der Waals surface area contributed by atoms with E-state index in [1.54, 1.807) is 6.56 Å². The van der Waals surface area contributed by atoms with Gasteiger partial charge in [0, 0.05) is 0 Å². The van der Waals surface area contributed by atoms with Crippen LogP contribution in [0.4, 0.5) is 0 Å². The van der Waals surface area contributed by atoms with Gasteiger partial charge in [-0.2, -0.15) is 0 Å². The molecular weight excluding hydrogens is 318 g/mol. The molecule has 0 nitrogen and oxygen atoms in total. The minimum atomic E-state index is -0.364. The summed E-state index contributed by atoms with van der Waals surface area (Å²) >= 11 is 9.16. The molecule has 2 rings (SSSR count). The molecule has 0 unspecified atom stereocenters. The van der Waals surface area contributed by atoms with Crippen molar-refractivity contribution in [3.05, 3.63) is 42.0 Å². The zero-order valence-electron chi connectivity index (χ0n) is 9.69. The van der Waals surface area contributed by atoms with E-state index >= 15 is 0 Å². The largest absolute Gasteiger partial charge is 0.109 e. The molecular formula is C13H16Cl2Zr. The van der Waals surface area contributed by atoms with Crippen LogP contribution in [-0.4, -0.2) is 5.34 Å². The number of hydrogen-bond donors (Lipinski definition) is 0. The van der Waals surface area contributed by atoms with Gasteiger partial charge >= 0.3 is 91.9 Å². The first kappa shape index (κ1) is 14.5. The Morgan fingerprint density at radius 3 is 1.62 bits per heavy atom. The van der Waals surface area contributed by atoms with E-state index in [-0.39, 0.29) is 28.6 Å². The van der Waals surface area contributed by atoms with E-state index < -0.39 is 0 Å². The van der Waals surface area contributed by atoms with E-state index in [0.29, 0.717) is 0 Å². The summed E-state index contributed by atoms with van der Waals surface area (Å²) in [6.45, 7) is 4.41. The third-order valence-electron chi connectivity index (χ3n) is 2.41. The van der Waals surface area contributed by atoms with Gasteiger partial charge in [-0.25, -0.2) is 0 Å². The SMILES string of the molecule is CC1=CC[C]([Zr][C]2=CC(C)=CC2)=C1.ClCCl. The van der Waals surface area contributed by atoms with E-state index in [9.17, 15) is 0 Å². The van der Waals surface area contributed by atoms with Crippen molar-refractivity contribution in [1.29, 1.82) is 0 Å². The van der Waals surface area contributed by atoms with Crippen LogP contribution in [0.1, 0.15) is 26.7 Å². The Morgan fingerprint density at radius 1 is 1.00 bits per heavy atom. The van der Waals surface area contributed by atoms with Crippen LogP contribution in [0.2, 0.25) is 0 Å². The summed E-state index contributed by atoms with van der Waals surface area (Å²) in [6, 6.07) is 0. The first-order chi connectivity index (χ1) is 7.65. The van der Waals surface area contributed by atoms with Gasteiger partial charge in [0.2, 0.25) is 0 Å². The molecule has 0 aromatic carbocycles. The van der Waals surface area contributed by atoms with Crippen molar-refractivity contribution in [2.75, 3.05) is 5.34 Å². The maximum Gasteiger partial charge on any atom is 0.0967 e. The predicted octanol–water partition coefficient (Wildman–Crippen LogP) is 4.96. The normalized spacial score (nSPS) is 18.0. The van der Waals surface area contributed by atoms with E-state index in [4.69, 9.17) is 23.2 Å². The first-order valence-electron chi connectivity index (χ1n) is 5.29. The fourth-order valence-electron chi connectivity index (χ4n) is 1.71. The smallest absolute Gasteiger partial charge is 0.0967 e. The fraction of sp³-hybridized carbons (Fsp3) is 0.385. The number of halogens is 2. The summed E-state index contributed by atoms with van der Waals surface area (Å²) in [4.78, 5) is 0. The van der Waals surface area contributed by atoms with Crippen LogP contribution in [0.25, 0.3) is 0 Å². The average molecular weight is 334 g/mol. The molecule has 0 amide bonds. The predicted molar refractivity (Wildman–Crippen MR) is 69.5 cm³/mol. The van der Waals surface area contributed by atoms with Crippen molar-refractivity contribution < 1.29 is 23.2 Å². The van der Waals surface area contributed by atoms with Gasteiger partial charge in [0.15, 0.2) is 0 Å². The second-order valence-corrected chi connectivity index (χ2v) is 8.45. The van der Waals surface area contributed by atoms with Gasteiger partial charge in [-0.3, -0.25) is 0 Å². The molecule has 0 saturated carbocycles. The Morgan fingerprint density at radius 2 is 1.38 bits per heavy atom. The standard InChI is InChI=1S/2C6H7.CH2Cl2.Zr/c2*1-6-4-2-3-5-6;2-1-3;/h2*4-5H,2H2,1H3;1H2;. The van der Waals surface area contributed by atoms with Crippen molar-refractivity contribution in [3.8, 4) is 0 Å². The van der Waals surface area contributed by atoms with Crippen LogP contribution < -0.4 is 0 Å². The van der Waals surface area contributed by atoms with Gasteiger partial charge in [0.05, 0.1) is 5.34 Å². The summed E-state index contributed by atoms with van der Waals surface area (Å²) < 4.78 is 3.49. The van der Waals surface area contributed by atoms with E-state index in [0.717, 1.165) is 0 Å². The molecule has 0 heterocycles. The second kappa shape index (κ2) is 7.69. The maximum absolute atomic E-state index is 4.76. The molecule has 0 bridgehead atoms. The Labute approximate surface area is 120 Å². The molecule has 0 atom stereocenters. The van der Waals surface area contributed by atoms with E-state index in [1.807, 2.05) is 0 Å². The summed E-state index contributed by atoms with van der Waals surface area (Å²) in [7, 11) is 0. The van der Waals surface area contributed by atoms with Gasteiger partial charge in [-0.1, -0.05) is 0 Å². The Balaban J connectivity index is 0.000000386. The summed E-state index contributed by atoms with van der Waals surface area (Å²) in [5.74, 6) is 0. The average Bonchev–Trinajstić information content (AvgIpc) is 2.78. The zero-order chi connectivity index (χ0) is 12.0. The third-order valence-corrected chi connectivity index (χ3v) is 5.70. The molecule has 0 saturated heterocycles. The molecule has 86 valence electrons. The van der Waals surface area contributed by atoms with Gasteiger partial charge in [0.25, 0.3) is 0 Å². The van der Waals surface area contributed by atoms with Crippen LogP contribution in [0.15, 0.2) is 42.0 Å². The Hall–Kier alpha value is 0.423. The second-order valence-electron chi connectivity index (χ2n) is 3.87. The number of allylic oxidation sites excluding steroid dienone is 8. The molecule has 2 aliphatic rings. The molecule has 0 radical (unpaired) electrons. The summed E-state index contributed by atoms with van der Waals surface area (Å²) in [6.07, 6.45) is 12.0. The van der Waals surface area contributed by atoms with Crippen LogP contribution in [-0.2, 0) is 23.2 Å². The van der Waals surface area contributed by atoms with Crippen LogP contribution in [0, 0.1) is 0 Å². The minimum absolute atomic E-state index is 0.194. The molecule has 3 heteroatoms. The fourth-order valence-corrected chi connectivity index (χ4v) is 5.20. The molecule has 0 spiro atoms. The van der Waals surface area contributed by atoms with Gasteiger partial charge in [-0.05, 0) is 0 Å². The van der Waals surface area contributed by atoms with Gasteiger partial charge in [-0.15, -0.1) is 23.2 Å². The monoisotopic (exact) mass is 332 g/mol. The zero-order valence-corrected chi connectivity index (χ0v) is 13.7. The number of rotatable bonds is 2. The van der Waals surface area contributed by atoms with Crippen molar-refractivity contribution >= 4 is 23.2 Å². The molecule has 16 heavy (non-hydrogen) atoms. The molecule has 0 aromatic rings. The summed E-state index contributed by atoms with van der Waals surface area (Å²) in [5, 5.41) is 0.194. The molecule has 0 fully saturated rings. The van der Waals surface area contributed by atoms with Crippen molar-refractivity contribution in [3.63, 3.8) is 0 Å². The first-order valence-corrected chi connectivity index (χ1v) is 8.82. The minimum Gasteiger partial charge on any atom is -0.109 e. The maximum atomic E-state index is 4.76. The number of hydrogen-bond acceptors (Lipinski definition) is 0. The Bertz CT molecular complexity index is 328. The Kier molecular flexibility index (Phi) is 6.96. The van der Waals surface area contributed by atoms with Gasteiger partial charge in [0.1, 0.15) is 0 Å². The molecule has 0 aliphatic heterocycles. The third kappa shape index (κ3) is 5.17. The molecule has 0 aromatic heterocycles. The van der Waals surface area contributed by atoms with Gasteiger partial charge < -0.3 is 0 Å². The van der Waals surface area contributed by atoms with E-state index in [1.165, 1.54) is 24.0 Å². The number of alkyl halides is 2. The van der Waals surface area contributed by atoms with Crippen molar-refractivity contribution in [1.82, 2.24) is 0 Å². The van der Waals surface area contributed by atoms with Crippen LogP contribution in [0.3, 0.4) is 0 Å². The van der Waals surface area contributed by atoms with E-state index in [2.05, 4.69) is 38.2 Å². The molecule has 0 N–H and O–H groups in total. The quantitative estimate of drug-likeness (QED) is 0.626. The molecule has 2 aliphatic carbocycles. The van der Waals surface area contributed by atoms with Crippen molar-refractivity contribution in [2.45, 2.75) is 26.7 Å². The summed E-state index contributed by atoms with van der Waals surface area (Å²) in [5.41, 5.74) is 2.94. The van der Waals surface area contributed by atoms with Crippen LogP contribution in [0.5, 0.6) is 0 Å². The van der Waals surface area contributed by atoms with Crippen molar-refractivity contribution in [2.24, 2.45) is 0 Å². The topological polar surface area (TPSA) is 0 Å².